The standard InChI is InChI=1S/C23H27N5O2S/c1-4-21-26-27-23(31-21)25-20-7-5-6-18(24-20)19-14-28(10-11-30-19)22(29)13-17-9-8-15(2)16(3)12-17/h5-9,12,19H,4,10-11,13-14H2,1-3H3,(H,24,25,27)/t19-/m0/s1. The van der Waals surface area contributed by atoms with E-state index < -0.39 is 0 Å². The van der Waals surface area contributed by atoms with Gasteiger partial charge in [-0.1, -0.05) is 42.5 Å². The molecule has 4 rings (SSSR count). The number of anilines is 2. The average molecular weight is 438 g/mol. The highest BCUT2D eigenvalue weighted by atomic mass is 32.1. The summed E-state index contributed by atoms with van der Waals surface area (Å²) in [4.78, 5) is 19.5. The molecule has 1 fully saturated rings. The van der Waals surface area contributed by atoms with Crippen LogP contribution in [0.5, 0.6) is 0 Å². The normalized spacial score (nSPS) is 16.4. The Bertz CT molecular complexity index is 1070. The lowest BCUT2D eigenvalue weighted by Crippen LogP contribution is -2.43. The van der Waals surface area contributed by atoms with Crippen LogP contribution < -0.4 is 5.32 Å². The minimum Gasteiger partial charge on any atom is -0.368 e. The summed E-state index contributed by atoms with van der Waals surface area (Å²) in [6.45, 7) is 7.81. The van der Waals surface area contributed by atoms with Gasteiger partial charge in [0.25, 0.3) is 0 Å². The number of rotatable bonds is 6. The maximum absolute atomic E-state index is 12.9. The molecule has 3 aromatic rings. The lowest BCUT2D eigenvalue weighted by atomic mass is 10.0. The topological polar surface area (TPSA) is 80.2 Å². The molecule has 1 saturated heterocycles. The van der Waals surface area contributed by atoms with Gasteiger partial charge in [-0.15, -0.1) is 10.2 Å². The van der Waals surface area contributed by atoms with Crippen molar-refractivity contribution in [2.24, 2.45) is 0 Å². The zero-order chi connectivity index (χ0) is 21.8. The van der Waals surface area contributed by atoms with Gasteiger partial charge in [-0.05, 0) is 49.1 Å². The fraction of sp³-hybridized carbons (Fsp3) is 0.391. The van der Waals surface area contributed by atoms with Gasteiger partial charge in [-0.2, -0.15) is 0 Å². The quantitative estimate of drug-likeness (QED) is 0.628. The third-order valence-electron chi connectivity index (χ3n) is 5.45. The van der Waals surface area contributed by atoms with Crippen molar-refractivity contribution in [3.05, 3.63) is 63.8 Å². The van der Waals surface area contributed by atoms with Crippen molar-refractivity contribution < 1.29 is 9.53 Å². The maximum atomic E-state index is 12.9. The van der Waals surface area contributed by atoms with Crippen LogP contribution in [0.4, 0.5) is 10.9 Å². The Morgan fingerprint density at radius 3 is 2.87 bits per heavy atom. The first kappa shape index (κ1) is 21.4. The molecule has 0 unspecified atom stereocenters. The van der Waals surface area contributed by atoms with Crippen molar-refractivity contribution in [2.45, 2.75) is 39.7 Å². The molecule has 0 saturated carbocycles. The highest BCUT2D eigenvalue weighted by Crippen LogP contribution is 2.25. The third-order valence-corrected chi connectivity index (χ3v) is 6.43. The molecule has 8 heteroatoms. The molecule has 1 aliphatic heterocycles. The van der Waals surface area contributed by atoms with Gasteiger partial charge in [0, 0.05) is 6.54 Å². The van der Waals surface area contributed by atoms with Gasteiger partial charge in [-0.25, -0.2) is 4.98 Å². The van der Waals surface area contributed by atoms with E-state index in [1.165, 1.54) is 22.5 Å². The molecular weight excluding hydrogens is 410 g/mol. The Morgan fingerprint density at radius 1 is 1.23 bits per heavy atom. The van der Waals surface area contributed by atoms with E-state index in [1.807, 2.05) is 29.2 Å². The zero-order valence-electron chi connectivity index (χ0n) is 18.1. The number of pyridine rings is 1. The number of aromatic nitrogens is 3. The van der Waals surface area contributed by atoms with E-state index in [-0.39, 0.29) is 12.0 Å². The maximum Gasteiger partial charge on any atom is 0.227 e. The highest BCUT2D eigenvalue weighted by Gasteiger charge is 2.26. The molecule has 7 nitrogen and oxygen atoms in total. The molecule has 1 N–H and O–H groups in total. The fourth-order valence-electron chi connectivity index (χ4n) is 3.51. The molecule has 1 atom stereocenters. The monoisotopic (exact) mass is 437 g/mol. The van der Waals surface area contributed by atoms with Crippen molar-refractivity contribution in [3.8, 4) is 0 Å². The molecule has 1 amide bonds. The van der Waals surface area contributed by atoms with Crippen LogP contribution in [0.3, 0.4) is 0 Å². The first-order valence-electron chi connectivity index (χ1n) is 10.5. The van der Waals surface area contributed by atoms with Gasteiger partial charge in [0.2, 0.25) is 11.0 Å². The number of ether oxygens (including phenoxy) is 1. The predicted molar refractivity (Wildman–Crippen MR) is 122 cm³/mol. The number of morpholine rings is 1. The molecule has 162 valence electrons. The van der Waals surface area contributed by atoms with E-state index in [0.717, 1.165) is 27.8 Å². The van der Waals surface area contributed by atoms with E-state index in [1.54, 1.807) is 0 Å². The van der Waals surface area contributed by atoms with Gasteiger partial charge in [-0.3, -0.25) is 4.79 Å². The predicted octanol–water partition coefficient (Wildman–Crippen LogP) is 4.00. The van der Waals surface area contributed by atoms with Gasteiger partial charge in [0.1, 0.15) is 16.9 Å². The first-order valence-corrected chi connectivity index (χ1v) is 11.4. The van der Waals surface area contributed by atoms with Crippen molar-refractivity contribution in [3.63, 3.8) is 0 Å². The van der Waals surface area contributed by atoms with Gasteiger partial charge >= 0.3 is 0 Å². The summed E-state index contributed by atoms with van der Waals surface area (Å²) >= 11 is 1.52. The van der Waals surface area contributed by atoms with Gasteiger partial charge in [0.05, 0.1) is 25.3 Å². The molecule has 0 radical (unpaired) electrons. The smallest absolute Gasteiger partial charge is 0.227 e. The number of hydrogen-bond donors (Lipinski definition) is 1. The van der Waals surface area contributed by atoms with E-state index in [0.29, 0.717) is 31.9 Å². The SMILES string of the molecule is CCc1nnc(Nc2cccc([C@@H]3CN(C(=O)Cc4ccc(C)c(C)c4)CCO3)n2)s1. The minimum atomic E-state index is -0.250. The number of amides is 1. The second kappa shape index (κ2) is 9.53. The summed E-state index contributed by atoms with van der Waals surface area (Å²) in [5, 5.41) is 13.2. The molecule has 2 aromatic heterocycles. The van der Waals surface area contributed by atoms with E-state index in [9.17, 15) is 4.79 Å². The number of carbonyl (C=O) groups excluding carboxylic acids is 1. The molecule has 1 aromatic carbocycles. The van der Waals surface area contributed by atoms with Gasteiger partial charge < -0.3 is 15.0 Å². The van der Waals surface area contributed by atoms with Crippen LogP contribution in [0.25, 0.3) is 0 Å². The van der Waals surface area contributed by atoms with Crippen LogP contribution in [-0.4, -0.2) is 45.7 Å². The van der Waals surface area contributed by atoms with Crippen molar-refractivity contribution in [1.82, 2.24) is 20.1 Å². The second-order valence-corrected chi connectivity index (χ2v) is 8.78. The second-order valence-electron chi connectivity index (χ2n) is 7.72. The summed E-state index contributed by atoms with van der Waals surface area (Å²) in [6.07, 6.45) is 1.01. The Kier molecular flexibility index (Phi) is 6.58. The van der Waals surface area contributed by atoms with E-state index in [4.69, 9.17) is 9.72 Å². The Morgan fingerprint density at radius 2 is 2.10 bits per heavy atom. The highest BCUT2D eigenvalue weighted by molar-refractivity contribution is 7.15. The Balaban J connectivity index is 1.41. The van der Waals surface area contributed by atoms with Crippen LogP contribution in [-0.2, 0) is 22.4 Å². The van der Waals surface area contributed by atoms with Crippen molar-refractivity contribution in [2.75, 3.05) is 25.0 Å². The Hall–Kier alpha value is -2.84. The van der Waals surface area contributed by atoms with Crippen LogP contribution >= 0.6 is 11.3 Å². The summed E-state index contributed by atoms with van der Waals surface area (Å²) in [7, 11) is 0. The summed E-state index contributed by atoms with van der Waals surface area (Å²) in [5.41, 5.74) is 4.29. The lowest BCUT2D eigenvalue weighted by Gasteiger charge is -2.33. The number of carbonyl (C=O) groups is 1. The molecule has 1 aliphatic rings. The average Bonchev–Trinajstić information content (AvgIpc) is 3.24. The number of hydrogen-bond acceptors (Lipinski definition) is 7. The van der Waals surface area contributed by atoms with Crippen LogP contribution in [0, 0.1) is 13.8 Å². The largest absolute Gasteiger partial charge is 0.368 e. The van der Waals surface area contributed by atoms with Crippen LogP contribution in [0.2, 0.25) is 0 Å². The molecule has 31 heavy (non-hydrogen) atoms. The fourth-order valence-corrected chi connectivity index (χ4v) is 4.20. The van der Waals surface area contributed by atoms with E-state index >= 15 is 0 Å². The lowest BCUT2D eigenvalue weighted by molar-refractivity contribution is -0.138. The molecular formula is C23H27N5O2S. The number of benzene rings is 1. The zero-order valence-corrected chi connectivity index (χ0v) is 18.9. The molecule has 0 aliphatic carbocycles. The number of nitrogens with zero attached hydrogens (tertiary/aromatic N) is 4. The van der Waals surface area contributed by atoms with Gasteiger partial charge in [0.15, 0.2) is 0 Å². The molecule has 0 bridgehead atoms. The molecule has 0 spiro atoms. The summed E-state index contributed by atoms with van der Waals surface area (Å²) in [6, 6.07) is 12.0. The minimum absolute atomic E-state index is 0.117. The summed E-state index contributed by atoms with van der Waals surface area (Å²) < 4.78 is 5.95. The number of aryl methyl sites for hydroxylation is 3. The van der Waals surface area contributed by atoms with Crippen LogP contribution in [0.1, 0.15) is 40.4 Å². The number of nitrogens with one attached hydrogen (secondary N) is 1. The van der Waals surface area contributed by atoms with Crippen molar-refractivity contribution >= 4 is 28.2 Å². The molecule has 3 heterocycles. The first-order chi connectivity index (χ1) is 15.0. The Labute approximate surface area is 186 Å². The van der Waals surface area contributed by atoms with Crippen molar-refractivity contribution in [1.29, 1.82) is 0 Å². The third kappa shape index (κ3) is 5.26. The van der Waals surface area contributed by atoms with E-state index in [2.05, 4.69) is 48.4 Å². The summed E-state index contributed by atoms with van der Waals surface area (Å²) in [5.74, 6) is 0.810. The van der Waals surface area contributed by atoms with Crippen LogP contribution in [0.15, 0.2) is 36.4 Å².